The third kappa shape index (κ3) is 4.56. The lowest BCUT2D eigenvalue weighted by molar-refractivity contribution is 0.212. The quantitative estimate of drug-likeness (QED) is 0.852. The molecule has 0 saturated carbocycles. The molecule has 0 amide bonds. The second-order valence-electron chi connectivity index (χ2n) is 6.04. The summed E-state index contributed by atoms with van der Waals surface area (Å²) >= 11 is 0. The van der Waals surface area contributed by atoms with E-state index in [1.54, 1.807) is 26.0 Å². The van der Waals surface area contributed by atoms with Gasteiger partial charge in [-0.1, -0.05) is 39.0 Å². The van der Waals surface area contributed by atoms with E-state index in [4.69, 9.17) is 4.52 Å². The lowest BCUT2D eigenvalue weighted by Gasteiger charge is -2.23. The van der Waals surface area contributed by atoms with Crippen molar-refractivity contribution in [3.05, 3.63) is 29.8 Å². The first-order valence-corrected chi connectivity index (χ1v) is 7.79. The molecule has 1 aromatic rings. The molecular weight excluding hydrogens is 247 g/mol. The van der Waals surface area contributed by atoms with Gasteiger partial charge in [-0.05, 0) is 37.3 Å². The van der Waals surface area contributed by atoms with E-state index in [0.29, 0.717) is 5.30 Å². The fourth-order valence-corrected chi connectivity index (χ4v) is 3.33. The van der Waals surface area contributed by atoms with E-state index in [1.807, 2.05) is 12.1 Å². The maximum absolute atomic E-state index is 12.3. The summed E-state index contributed by atoms with van der Waals surface area (Å²) in [6.45, 7) is 9.84. The Labute approximate surface area is 110 Å². The summed E-state index contributed by atoms with van der Waals surface area (Å²) in [6.07, 6.45) is 0.471. The smallest absolute Gasteiger partial charge is 0.321 e. The van der Waals surface area contributed by atoms with E-state index < -0.39 is 7.60 Å². The second-order valence-corrected chi connectivity index (χ2v) is 7.77. The Morgan fingerprint density at radius 2 is 1.83 bits per heavy atom. The number of benzene rings is 1. The van der Waals surface area contributed by atoms with Crippen molar-refractivity contribution in [2.24, 2.45) is 5.41 Å². The van der Waals surface area contributed by atoms with Gasteiger partial charge in [0.2, 0.25) is 0 Å². The first-order chi connectivity index (χ1) is 8.12. The second kappa shape index (κ2) is 5.56. The van der Waals surface area contributed by atoms with E-state index >= 15 is 0 Å². The van der Waals surface area contributed by atoms with Crippen LogP contribution < -0.4 is 5.30 Å². The largest absolute Gasteiger partial charge is 0.359 e. The van der Waals surface area contributed by atoms with E-state index in [0.717, 1.165) is 12.0 Å². The lowest BCUT2D eigenvalue weighted by atomic mass is 9.88. The molecular formula is C14H23O3P. The number of hydrogen-bond donors (Lipinski definition) is 1. The van der Waals surface area contributed by atoms with Crippen LogP contribution in [0.5, 0.6) is 0 Å². The van der Waals surface area contributed by atoms with Crippen molar-refractivity contribution >= 4 is 12.9 Å². The summed E-state index contributed by atoms with van der Waals surface area (Å²) in [5.74, 6) is 0. The zero-order chi connectivity index (χ0) is 14.0. The van der Waals surface area contributed by atoms with Crippen molar-refractivity contribution in [1.82, 2.24) is 0 Å². The monoisotopic (exact) mass is 270 g/mol. The molecule has 0 spiro atoms. The summed E-state index contributed by atoms with van der Waals surface area (Å²) in [5.41, 5.74) is 0.949. The van der Waals surface area contributed by atoms with Crippen molar-refractivity contribution in [3.63, 3.8) is 0 Å². The highest BCUT2D eigenvalue weighted by atomic mass is 31.2. The van der Waals surface area contributed by atoms with Crippen LogP contribution in [0.2, 0.25) is 0 Å². The summed E-state index contributed by atoms with van der Waals surface area (Å²) in [5, 5.41) is 0.425. The summed E-state index contributed by atoms with van der Waals surface area (Å²) in [4.78, 5) is 10.1. The van der Waals surface area contributed by atoms with Crippen LogP contribution in [-0.4, -0.2) is 11.0 Å². The molecule has 0 heterocycles. The van der Waals surface area contributed by atoms with E-state index in [-0.39, 0.29) is 11.5 Å². The Morgan fingerprint density at radius 3 is 2.33 bits per heavy atom. The Morgan fingerprint density at radius 1 is 1.28 bits per heavy atom. The summed E-state index contributed by atoms with van der Waals surface area (Å²) in [7, 11) is -3.72. The zero-order valence-corrected chi connectivity index (χ0v) is 12.7. The average Bonchev–Trinajstić information content (AvgIpc) is 2.13. The zero-order valence-electron chi connectivity index (χ0n) is 11.8. The Kier molecular flexibility index (Phi) is 4.77. The Balaban J connectivity index is 3.13. The molecule has 0 saturated heterocycles. The van der Waals surface area contributed by atoms with Gasteiger partial charge in [-0.25, -0.2) is 0 Å². The molecule has 1 aromatic carbocycles. The highest BCUT2D eigenvalue weighted by Gasteiger charge is 2.28. The maximum atomic E-state index is 12.3. The topological polar surface area (TPSA) is 46.5 Å². The molecule has 1 N–H and O–H groups in total. The van der Waals surface area contributed by atoms with Gasteiger partial charge in [0.1, 0.15) is 0 Å². The molecule has 1 rings (SSSR count). The van der Waals surface area contributed by atoms with Crippen molar-refractivity contribution in [3.8, 4) is 0 Å². The third-order valence-electron chi connectivity index (χ3n) is 2.37. The minimum atomic E-state index is -3.72. The standard InChI is InChI=1S/C14H23O3P/c1-11(2)17-18(15,16)13-9-7-6-8-12(13)10-14(3,4)5/h6-9,11H,10H2,1-5H3,(H,15,16). The van der Waals surface area contributed by atoms with E-state index in [2.05, 4.69) is 20.8 Å². The Hall–Kier alpha value is -0.630. The first-order valence-electron chi connectivity index (χ1n) is 6.21. The molecule has 0 fully saturated rings. The molecule has 0 bridgehead atoms. The van der Waals surface area contributed by atoms with Crippen molar-refractivity contribution in [2.75, 3.05) is 0 Å². The fourth-order valence-electron chi connectivity index (χ4n) is 1.85. The number of hydrogen-bond acceptors (Lipinski definition) is 2. The molecule has 1 unspecified atom stereocenters. The normalized spacial score (nSPS) is 15.7. The summed E-state index contributed by atoms with van der Waals surface area (Å²) in [6, 6.07) is 7.24. The van der Waals surface area contributed by atoms with Gasteiger partial charge >= 0.3 is 7.60 Å². The molecule has 102 valence electrons. The van der Waals surface area contributed by atoms with Crippen LogP contribution in [0.25, 0.3) is 0 Å². The van der Waals surface area contributed by atoms with Crippen LogP contribution >= 0.6 is 7.60 Å². The lowest BCUT2D eigenvalue weighted by Crippen LogP contribution is -2.20. The van der Waals surface area contributed by atoms with Crippen molar-refractivity contribution in [1.29, 1.82) is 0 Å². The van der Waals surface area contributed by atoms with Gasteiger partial charge in [-0.15, -0.1) is 0 Å². The van der Waals surface area contributed by atoms with Gasteiger partial charge in [0.05, 0.1) is 11.4 Å². The average molecular weight is 270 g/mol. The predicted octanol–water partition coefficient (Wildman–Crippen LogP) is 3.51. The minimum absolute atomic E-state index is 0.0634. The van der Waals surface area contributed by atoms with Crippen LogP contribution in [0.1, 0.15) is 40.2 Å². The van der Waals surface area contributed by atoms with Crippen molar-refractivity contribution < 1.29 is 14.0 Å². The molecule has 0 aromatic heterocycles. The minimum Gasteiger partial charge on any atom is -0.321 e. The van der Waals surface area contributed by atoms with Crippen LogP contribution in [0.15, 0.2) is 24.3 Å². The van der Waals surface area contributed by atoms with Gasteiger partial charge in [0, 0.05) is 0 Å². The molecule has 0 aliphatic carbocycles. The third-order valence-corrected chi connectivity index (χ3v) is 4.12. The van der Waals surface area contributed by atoms with E-state index in [1.165, 1.54) is 0 Å². The van der Waals surface area contributed by atoms with Crippen LogP contribution in [-0.2, 0) is 15.5 Å². The first kappa shape index (κ1) is 15.4. The molecule has 1 atom stereocenters. The number of rotatable bonds is 4. The van der Waals surface area contributed by atoms with E-state index in [9.17, 15) is 9.46 Å². The molecule has 3 nitrogen and oxygen atoms in total. The SMILES string of the molecule is CC(C)OP(=O)(O)c1ccccc1CC(C)(C)C. The highest BCUT2D eigenvalue weighted by Crippen LogP contribution is 2.43. The van der Waals surface area contributed by atoms with Gasteiger partial charge in [-0.3, -0.25) is 4.57 Å². The van der Waals surface area contributed by atoms with Crippen molar-refractivity contribution in [2.45, 2.75) is 47.1 Å². The van der Waals surface area contributed by atoms with Crippen LogP contribution in [0.3, 0.4) is 0 Å². The van der Waals surface area contributed by atoms with Crippen LogP contribution in [0.4, 0.5) is 0 Å². The van der Waals surface area contributed by atoms with Gasteiger partial charge in [0.15, 0.2) is 0 Å². The molecule has 0 aliphatic heterocycles. The maximum Gasteiger partial charge on any atom is 0.359 e. The predicted molar refractivity (Wildman–Crippen MR) is 75.3 cm³/mol. The molecule has 18 heavy (non-hydrogen) atoms. The Bertz CT molecular complexity index is 447. The van der Waals surface area contributed by atoms with Gasteiger partial charge in [-0.2, -0.15) is 0 Å². The van der Waals surface area contributed by atoms with Crippen LogP contribution in [0, 0.1) is 5.41 Å². The summed E-state index contributed by atoms with van der Waals surface area (Å²) < 4.78 is 17.5. The van der Waals surface area contributed by atoms with Gasteiger partial charge < -0.3 is 9.42 Å². The molecule has 0 aliphatic rings. The fraction of sp³-hybridized carbons (Fsp3) is 0.571. The van der Waals surface area contributed by atoms with Gasteiger partial charge in [0.25, 0.3) is 0 Å². The molecule has 4 heteroatoms. The molecule has 0 radical (unpaired) electrons. The highest BCUT2D eigenvalue weighted by molar-refractivity contribution is 7.61.